The Bertz CT molecular complexity index is 413. The molecule has 1 nitrogen and oxygen atoms in total. The molecule has 0 aliphatic heterocycles. The summed E-state index contributed by atoms with van der Waals surface area (Å²) < 4.78 is 0. The normalized spacial score (nSPS) is 31.4. The average Bonchev–Trinajstić information content (AvgIpc) is 2.79. The third-order valence-corrected chi connectivity index (χ3v) is 5.76. The summed E-state index contributed by atoms with van der Waals surface area (Å²) in [4.78, 5) is 3.00. The van der Waals surface area contributed by atoms with Crippen LogP contribution in [0.15, 0.2) is 6.07 Å². The van der Waals surface area contributed by atoms with Gasteiger partial charge in [-0.2, -0.15) is 0 Å². The Balaban J connectivity index is 1.78. The number of rotatable bonds is 5. The van der Waals surface area contributed by atoms with Gasteiger partial charge in [-0.05, 0) is 75.5 Å². The fourth-order valence-electron chi connectivity index (χ4n) is 3.82. The second kappa shape index (κ2) is 4.97. The summed E-state index contributed by atoms with van der Waals surface area (Å²) in [6, 6.07) is 3.06. The molecule has 0 radical (unpaired) electrons. The molecule has 100 valence electrons. The number of hydrogen-bond donors (Lipinski definition) is 1. The lowest BCUT2D eigenvalue weighted by Crippen LogP contribution is -2.28. The van der Waals surface area contributed by atoms with E-state index in [1.807, 2.05) is 11.3 Å². The van der Waals surface area contributed by atoms with Gasteiger partial charge in [-0.25, -0.2) is 0 Å². The van der Waals surface area contributed by atoms with E-state index in [4.69, 9.17) is 0 Å². The highest BCUT2D eigenvalue weighted by molar-refractivity contribution is 7.12. The van der Waals surface area contributed by atoms with Crippen LogP contribution < -0.4 is 5.32 Å². The van der Waals surface area contributed by atoms with E-state index in [9.17, 15) is 0 Å². The van der Waals surface area contributed by atoms with Crippen LogP contribution in [0.3, 0.4) is 0 Å². The molecule has 1 aromatic rings. The number of thiophene rings is 1. The highest BCUT2D eigenvalue weighted by Crippen LogP contribution is 2.57. The van der Waals surface area contributed by atoms with Crippen molar-refractivity contribution in [3.05, 3.63) is 21.4 Å². The van der Waals surface area contributed by atoms with Crippen LogP contribution in [0.2, 0.25) is 0 Å². The molecule has 2 aliphatic rings. The van der Waals surface area contributed by atoms with Crippen LogP contribution in [0.4, 0.5) is 0 Å². The van der Waals surface area contributed by atoms with E-state index in [0.717, 1.165) is 24.3 Å². The molecule has 2 fully saturated rings. The molecule has 3 atom stereocenters. The zero-order valence-corrected chi connectivity index (χ0v) is 12.6. The highest BCUT2D eigenvalue weighted by Gasteiger charge is 2.48. The van der Waals surface area contributed by atoms with Crippen molar-refractivity contribution in [2.24, 2.45) is 17.8 Å². The lowest BCUT2D eigenvalue weighted by Gasteiger charge is -2.26. The van der Waals surface area contributed by atoms with Crippen molar-refractivity contribution < 1.29 is 0 Å². The third-order valence-electron chi connectivity index (χ3n) is 4.78. The van der Waals surface area contributed by atoms with Crippen molar-refractivity contribution in [3.63, 3.8) is 0 Å². The molecule has 3 unspecified atom stereocenters. The van der Waals surface area contributed by atoms with Gasteiger partial charge in [0.25, 0.3) is 0 Å². The number of aryl methyl sites for hydroxylation is 2. The maximum Gasteiger partial charge on any atom is 0.0359 e. The van der Waals surface area contributed by atoms with Gasteiger partial charge in [0.05, 0.1) is 0 Å². The molecule has 3 rings (SSSR count). The smallest absolute Gasteiger partial charge is 0.0359 e. The molecule has 0 bridgehead atoms. The average molecular weight is 263 g/mol. The molecular formula is C16H25NS. The van der Waals surface area contributed by atoms with Crippen molar-refractivity contribution in [1.29, 1.82) is 0 Å². The van der Waals surface area contributed by atoms with Gasteiger partial charge in [0, 0.05) is 15.8 Å². The maximum atomic E-state index is 3.83. The van der Waals surface area contributed by atoms with E-state index >= 15 is 0 Å². The van der Waals surface area contributed by atoms with E-state index in [-0.39, 0.29) is 0 Å². The molecule has 18 heavy (non-hydrogen) atoms. The minimum atomic E-state index is 0.627. The van der Waals surface area contributed by atoms with Gasteiger partial charge in [-0.3, -0.25) is 0 Å². The fourth-order valence-corrected chi connectivity index (χ4v) is 4.80. The van der Waals surface area contributed by atoms with E-state index in [1.165, 1.54) is 35.4 Å². The molecule has 0 aromatic carbocycles. The van der Waals surface area contributed by atoms with E-state index in [0.29, 0.717) is 6.04 Å². The quantitative estimate of drug-likeness (QED) is 0.827. The third kappa shape index (κ3) is 2.37. The standard InChI is InChI=1S/C16H25NS/c1-4-5-17-16(14-8-12-7-13(12)9-14)15-6-10(2)18-11(15)3/h6,12-14,16-17H,4-5,7-9H2,1-3H3. The first-order chi connectivity index (χ1) is 8.69. The molecule has 0 amide bonds. The molecule has 2 saturated carbocycles. The second-order valence-corrected chi connectivity index (χ2v) is 7.75. The monoisotopic (exact) mass is 263 g/mol. The Morgan fingerprint density at radius 2 is 2.00 bits per heavy atom. The number of nitrogens with one attached hydrogen (secondary N) is 1. The lowest BCUT2D eigenvalue weighted by molar-refractivity contribution is 0.341. The number of hydrogen-bond acceptors (Lipinski definition) is 2. The van der Waals surface area contributed by atoms with E-state index in [1.54, 1.807) is 5.56 Å². The van der Waals surface area contributed by atoms with Crippen LogP contribution in [0.1, 0.15) is 54.0 Å². The van der Waals surface area contributed by atoms with Crippen molar-refractivity contribution in [2.75, 3.05) is 6.54 Å². The van der Waals surface area contributed by atoms with Crippen molar-refractivity contribution in [3.8, 4) is 0 Å². The Morgan fingerprint density at radius 3 is 2.56 bits per heavy atom. The van der Waals surface area contributed by atoms with Gasteiger partial charge in [0.15, 0.2) is 0 Å². The van der Waals surface area contributed by atoms with Crippen LogP contribution in [-0.4, -0.2) is 6.54 Å². The summed E-state index contributed by atoms with van der Waals surface area (Å²) in [7, 11) is 0. The van der Waals surface area contributed by atoms with Crippen LogP contribution in [-0.2, 0) is 0 Å². The van der Waals surface area contributed by atoms with Gasteiger partial charge in [0.2, 0.25) is 0 Å². The Morgan fingerprint density at radius 1 is 1.28 bits per heavy atom. The SMILES string of the molecule is CCCNC(c1cc(C)sc1C)C1CC2CC2C1. The first-order valence-electron chi connectivity index (χ1n) is 7.49. The van der Waals surface area contributed by atoms with E-state index < -0.39 is 0 Å². The summed E-state index contributed by atoms with van der Waals surface area (Å²) in [5, 5.41) is 3.83. The van der Waals surface area contributed by atoms with Crippen molar-refractivity contribution in [1.82, 2.24) is 5.32 Å². The predicted molar refractivity (Wildman–Crippen MR) is 79.1 cm³/mol. The van der Waals surface area contributed by atoms with Crippen LogP contribution in [0.25, 0.3) is 0 Å². The van der Waals surface area contributed by atoms with Crippen LogP contribution in [0, 0.1) is 31.6 Å². The van der Waals surface area contributed by atoms with Gasteiger partial charge < -0.3 is 5.32 Å². The highest BCUT2D eigenvalue weighted by atomic mass is 32.1. The summed E-state index contributed by atoms with van der Waals surface area (Å²) in [5.74, 6) is 3.06. The zero-order valence-electron chi connectivity index (χ0n) is 11.8. The largest absolute Gasteiger partial charge is 0.310 e. The lowest BCUT2D eigenvalue weighted by atomic mass is 9.89. The molecule has 1 N–H and O–H groups in total. The first kappa shape index (κ1) is 12.7. The Labute approximate surface area is 115 Å². The van der Waals surface area contributed by atoms with Crippen molar-refractivity contribution >= 4 is 11.3 Å². The van der Waals surface area contributed by atoms with E-state index in [2.05, 4.69) is 32.2 Å². The molecule has 2 aliphatic carbocycles. The van der Waals surface area contributed by atoms with Gasteiger partial charge in [0.1, 0.15) is 0 Å². The molecular weight excluding hydrogens is 238 g/mol. The maximum absolute atomic E-state index is 3.83. The first-order valence-corrected chi connectivity index (χ1v) is 8.31. The van der Waals surface area contributed by atoms with Gasteiger partial charge >= 0.3 is 0 Å². The van der Waals surface area contributed by atoms with Crippen molar-refractivity contribution in [2.45, 2.75) is 52.5 Å². The fraction of sp³-hybridized carbons (Fsp3) is 0.750. The summed E-state index contributed by atoms with van der Waals surface area (Å²) >= 11 is 1.96. The minimum absolute atomic E-state index is 0.627. The van der Waals surface area contributed by atoms with Crippen LogP contribution >= 0.6 is 11.3 Å². The topological polar surface area (TPSA) is 12.0 Å². The summed E-state index contributed by atoms with van der Waals surface area (Å²) in [6.45, 7) is 7.96. The van der Waals surface area contributed by atoms with Gasteiger partial charge in [-0.15, -0.1) is 11.3 Å². The molecule has 1 heterocycles. The molecule has 0 saturated heterocycles. The van der Waals surface area contributed by atoms with Crippen LogP contribution in [0.5, 0.6) is 0 Å². The Kier molecular flexibility index (Phi) is 3.50. The molecule has 2 heteroatoms. The van der Waals surface area contributed by atoms with Gasteiger partial charge in [-0.1, -0.05) is 6.92 Å². The Hall–Kier alpha value is -0.340. The number of fused-ring (bicyclic) bond motifs is 1. The second-order valence-electron chi connectivity index (χ2n) is 6.29. The molecule has 1 aromatic heterocycles. The summed E-state index contributed by atoms with van der Waals surface area (Å²) in [5.41, 5.74) is 1.59. The minimum Gasteiger partial charge on any atom is -0.310 e. The predicted octanol–water partition coefficient (Wildman–Crippen LogP) is 4.45. The zero-order chi connectivity index (χ0) is 12.7. The molecule has 0 spiro atoms. The summed E-state index contributed by atoms with van der Waals surface area (Å²) in [6.07, 6.45) is 5.71.